The lowest BCUT2D eigenvalue weighted by molar-refractivity contribution is 0.0696. The van der Waals surface area contributed by atoms with Crippen LogP contribution in [0.25, 0.3) is 0 Å². The zero-order chi connectivity index (χ0) is 25.5. The largest absolute Gasteiger partial charge is 0.495 e. The summed E-state index contributed by atoms with van der Waals surface area (Å²) in [7, 11) is -2.57. The van der Waals surface area contributed by atoms with E-state index in [-0.39, 0.29) is 21.2 Å². The number of thiazole rings is 1. The molecular weight excluding hydrogens is 496 g/mol. The third kappa shape index (κ3) is 6.80. The highest BCUT2D eigenvalue weighted by atomic mass is 32.2. The number of hydrogen-bond acceptors (Lipinski definition) is 6. The van der Waals surface area contributed by atoms with Crippen LogP contribution in [0.4, 0.5) is 5.69 Å². The Labute approximate surface area is 217 Å². The van der Waals surface area contributed by atoms with Crippen LogP contribution in [0.15, 0.2) is 28.6 Å². The molecule has 2 aromatic rings. The Bertz CT molecular complexity index is 1220. The molecule has 1 aromatic carbocycles. The molecule has 1 heterocycles. The van der Waals surface area contributed by atoms with E-state index in [1.54, 1.807) is 0 Å². The van der Waals surface area contributed by atoms with Crippen molar-refractivity contribution in [3.8, 4) is 17.6 Å². The van der Waals surface area contributed by atoms with Crippen molar-refractivity contribution in [3.05, 3.63) is 35.0 Å². The molecule has 0 aliphatic heterocycles. The van der Waals surface area contributed by atoms with E-state index in [9.17, 15) is 13.2 Å². The van der Waals surface area contributed by atoms with Crippen LogP contribution in [0.2, 0.25) is 0 Å². The van der Waals surface area contributed by atoms with E-state index in [0.29, 0.717) is 10.9 Å². The number of hydrogen-bond donors (Lipinski definition) is 2. The minimum atomic E-state index is -3.92. The average molecular weight is 531 g/mol. The third-order valence-corrected chi connectivity index (χ3v) is 10.1. The molecule has 2 saturated carbocycles. The molecule has 2 aliphatic rings. The lowest BCUT2D eigenvalue weighted by Crippen LogP contribution is -2.13. The second kappa shape index (κ2) is 12.1. The van der Waals surface area contributed by atoms with Gasteiger partial charge in [0, 0.05) is 5.92 Å². The fraction of sp³-hybridized carbons (Fsp3) is 0.556. The van der Waals surface area contributed by atoms with Crippen LogP contribution in [-0.4, -0.2) is 31.6 Å². The van der Waals surface area contributed by atoms with Crippen molar-refractivity contribution in [1.29, 1.82) is 0 Å². The number of ether oxygens (including phenoxy) is 1. The second-order valence-corrected chi connectivity index (χ2v) is 12.7. The Morgan fingerprint density at radius 2 is 1.78 bits per heavy atom. The molecular formula is C27H34N2O5S2. The van der Waals surface area contributed by atoms with E-state index in [1.807, 2.05) is 0 Å². The first-order valence-corrected chi connectivity index (χ1v) is 15.1. The van der Waals surface area contributed by atoms with Crippen molar-refractivity contribution < 1.29 is 23.1 Å². The van der Waals surface area contributed by atoms with Crippen molar-refractivity contribution in [2.75, 3.05) is 11.8 Å². The second-order valence-electron chi connectivity index (χ2n) is 9.80. The van der Waals surface area contributed by atoms with Gasteiger partial charge in [-0.05, 0) is 55.2 Å². The normalized spacial score (nSPS) is 21.5. The van der Waals surface area contributed by atoms with E-state index in [1.165, 1.54) is 89.3 Å². The Morgan fingerprint density at radius 1 is 1.06 bits per heavy atom. The number of carboxylic acids is 1. The van der Waals surface area contributed by atoms with Crippen molar-refractivity contribution >= 4 is 33.0 Å². The Morgan fingerprint density at radius 3 is 2.50 bits per heavy atom. The van der Waals surface area contributed by atoms with Crippen LogP contribution in [-0.2, 0) is 10.0 Å². The summed E-state index contributed by atoms with van der Waals surface area (Å²) in [5, 5.41) is 9.62. The first kappa shape index (κ1) is 26.5. The highest BCUT2D eigenvalue weighted by molar-refractivity contribution is 7.94. The summed E-state index contributed by atoms with van der Waals surface area (Å²) in [5.41, 5.74) is 0.162. The molecule has 36 heavy (non-hydrogen) atoms. The molecule has 9 heteroatoms. The maximum absolute atomic E-state index is 12.9. The van der Waals surface area contributed by atoms with E-state index in [2.05, 4.69) is 21.5 Å². The Kier molecular flexibility index (Phi) is 8.91. The highest BCUT2D eigenvalue weighted by Crippen LogP contribution is 2.38. The van der Waals surface area contributed by atoms with E-state index >= 15 is 0 Å². The third-order valence-electron chi connectivity index (χ3n) is 7.41. The van der Waals surface area contributed by atoms with Gasteiger partial charge in [0.1, 0.15) is 5.75 Å². The number of nitrogens with zero attached hydrogens (tertiary/aromatic N) is 1. The van der Waals surface area contributed by atoms with Gasteiger partial charge in [-0.1, -0.05) is 68.6 Å². The molecule has 2 N–H and O–H groups in total. The van der Waals surface area contributed by atoms with Crippen LogP contribution in [0.3, 0.4) is 0 Å². The lowest BCUT2D eigenvalue weighted by atomic mass is 9.81. The predicted molar refractivity (Wildman–Crippen MR) is 141 cm³/mol. The lowest BCUT2D eigenvalue weighted by Gasteiger charge is -2.24. The minimum absolute atomic E-state index is 0.00391. The van der Waals surface area contributed by atoms with Gasteiger partial charge in [0.05, 0.1) is 24.6 Å². The van der Waals surface area contributed by atoms with Crippen LogP contribution in [0.1, 0.15) is 86.0 Å². The van der Waals surface area contributed by atoms with Gasteiger partial charge in [-0.3, -0.25) is 4.72 Å². The van der Waals surface area contributed by atoms with Gasteiger partial charge in [0.25, 0.3) is 10.0 Å². The van der Waals surface area contributed by atoms with Gasteiger partial charge < -0.3 is 9.84 Å². The van der Waals surface area contributed by atoms with Crippen molar-refractivity contribution in [2.45, 2.75) is 74.8 Å². The Balaban J connectivity index is 1.39. The molecule has 0 amide bonds. The highest BCUT2D eigenvalue weighted by Gasteiger charge is 2.26. The zero-order valence-corrected chi connectivity index (χ0v) is 22.3. The van der Waals surface area contributed by atoms with Gasteiger partial charge in [-0.25, -0.2) is 18.2 Å². The molecule has 194 valence electrons. The fourth-order valence-electron chi connectivity index (χ4n) is 5.44. The molecule has 2 aliphatic carbocycles. The molecule has 2 unspecified atom stereocenters. The van der Waals surface area contributed by atoms with Gasteiger partial charge in [0.2, 0.25) is 0 Å². The SMILES string of the molecule is COc1cc(C(=O)O)ccc1NS(=O)(=O)c1cnc(C#CC2CCCC(C3CCCCCC3)CC2)s1. The van der Waals surface area contributed by atoms with Crippen molar-refractivity contribution in [2.24, 2.45) is 17.8 Å². The first-order valence-electron chi connectivity index (χ1n) is 12.8. The average Bonchev–Trinajstić information content (AvgIpc) is 3.04. The topological polar surface area (TPSA) is 106 Å². The smallest absolute Gasteiger partial charge is 0.335 e. The summed E-state index contributed by atoms with van der Waals surface area (Å²) in [6.07, 6.45) is 15.6. The van der Waals surface area contributed by atoms with E-state index < -0.39 is 16.0 Å². The summed E-state index contributed by atoms with van der Waals surface area (Å²) in [4.78, 5) is 15.4. The maximum atomic E-state index is 12.9. The number of carboxylic acid groups (broad SMARTS) is 1. The number of sulfonamides is 1. The number of carbonyl (C=O) groups is 1. The number of anilines is 1. The Hall–Kier alpha value is -2.57. The van der Waals surface area contributed by atoms with Crippen LogP contribution >= 0.6 is 11.3 Å². The fourth-order valence-corrected chi connectivity index (χ4v) is 7.50. The number of rotatable bonds is 6. The minimum Gasteiger partial charge on any atom is -0.495 e. The monoisotopic (exact) mass is 530 g/mol. The standard InChI is InChI=1S/C27H34N2O5S2/c1-34-24-17-22(27(30)31)14-15-23(24)29-36(32,33)26-18-28-25(35-26)16-12-19-7-6-10-21(13-11-19)20-8-4-2-3-5-9-20/h14-15,17-21,29H,2-11,13H2,1H3,(H,30,31). The summed E-state index contributed by atoms with van der Waals surface area (Å²) in [5.74, 6) is 7.54. The number of methoxy groups -OCH3 is 1. The first-order chi connectivity index (χ1) is 17.4. The van der Waals surface area contributed by atoms with Crippen LogP contribution < -0.4 is 9.46 Å². The summed E-state index contributed by atoms with van der Waals surface area (Å²) < 4.78 is 33.5. The number of aromatic nitrogens is 1. The molecule has 0 saturated heterocycles. The summed E-state index contributed by atoms with van der Waals surface area (Å²) >= 11 is 1.03. The number of benzene rings is 1. The van der Waals surface area contributed by atoms with Crippen molar-refractivity contribution in [3.63, 3.8) is 0 Å². The molecule has 7 nitrogen and oxygen atoms in total. The molecule has 2 fully saturated rings. The molecule has 0 radical (unpaired) electrons. The molecule has 1 aromatic heterocycles. The molecule has 2 atom stereocenters. The zero-order valence-electron chi connectivity index (χ0n) is 20.7. The number of nitrogens with one attached hydrogen (secondary N) is 1. The van der Waals surface area contributed by atoms with E-state index in [4.69, 9.17) is 9.84 Å². The van der Waals surface area contributed by atoms with Crippen LogP contribution in [0, 0.1) is 29.6 Å². The van der Waals surface area contributed by atoms with Crippen molar-refractivity contribution in [1.82, 2.24) is 4.98 Å². The molecule has 4 rings (SSSR count). The summed E-state index contributed by atoms with van der Waals surface area (Å²) in [6, 6.07) is 3.96. The molecule has 0 bridgehead atoms. The van der Waals surface area contributed by atoms with Gasteiger partial charge in [-0.15, -0.1) is 0 Å². The maximum Gasteiger partial charge on any atom is 0.335 e. The van der Waals surface area contributed by atoms with E-state index in [0.717, 1.165) is 36.0 Å². The van der Waals surface area contributed by atoms with Crippen LogP contribution in [0.5, 0.6) is 5.75 Å². The molecule has 0 spiro atoms. The van der Waals surface area contributed by atoms with Gasteiger partial charge >= 0.3 is 5.97 Å². The van der Waals surface area contributed by atoms with Gasteiger partial charge in [-0.2, -0.15) is 0 Å². The quantitative estimate of drug-likeness (QED) is 0.342. The summed E-state index contributed by atoms with van der Waals surface area (Å²) in [6.45, 7) is 0. The van der Waals surface area contributed by atoms with Gasteiger partial charge in [0.15, 0.2) is 9.22 Å². The predicted octanol–water partition coefficient (Wildman–Crippen LogP) is 6.17. The number of aromatic carboxylic acids is 1.